The van der Waals surface area contributed by atoms with Gasteiger partial charge < -0.3 is 14.5 Å². The highest BCUT2D eigenvalue weighted by atomic mass is 35.5. The molecule has 1 amide bonds. The lowest BCUT2D eigenvalue weighted by Crippen LogP contribution is -2.21. The second-order valence-electron chi connectivity index (χ2n) is 5.30. The van der Waals surface area contributed by atoms with Crippen molar-refractivity contribution in [2.75, 3.05) is 11.9 Å². The van der Waals surface area contributed by atoms with Crippen molar-refractivity contribution in [2.24, 2.45) is 0 Å². The Labute approximate surface area is 153 Å². The van der Waals surface area contributed by atoms with E-state index in [2.05, 4.69) is 5.32 Å². The Balaban J connectivity index is 1.66. The number of ether oxygens (including phenoxy) is 1. The van der Waals surface area contributed by atoms with E-state index in [1.807, 2.05) is 18.2 Å². The summed E-state index contributed by atoms with van der Waals surface area (Å²) in [5.74, 6) is -1.16. The minimum Gasteiger partial charge on any atom is -0.450 e. The minimum atomic E-state index is -0.707. The molecule has 0 bridgehead atoms. The summed E-state index contributed by atoms with van der Waals surface area (Å²) in [7, 11) is 0. The maximum absolute atomic E-state index is 12.2. The summed E-state index contributed by atoms with van der Waals surface area (Å²) in [5.41, 5.74) is 1.59. The van der Waals surface area contributed by atoms with Crippen LogP contribution in [0, 0.1) is 6.92 Å². The molecule has 3 rings (SSSR count). The van der Waals surface area contributed by atoms with Crippen molar-refractivity contribution in [2.45, 2.75) is 6.92 Å². The van der Waals surface area contributed by atoms with E-state index in [1.165, 1.54) is 6.07 Å². The van der Waals surface area contributed by atoms with Gasteiger partial charge in [0.1, 0.15) is 5.58 Å². The van der Waals surface area contributed by atoms with Gasteiger partial charge in [-0.2, -0.15) is 0 Å². The fourth-order valence-corrected chi connectivity index (χ4v) is 2.68. The van der Waals surface area contributed by atoms with E-state index >= 15 is 0 Å². The van der Waals surface area contributed by atoms with Crippen molar-refractivity contribution >= 4 is 51.7 Å². The number of rotatable bonds is 4. The Morgan fingerprint density at radius 1 is 1.16 bits per heavy atom. The lowest BCUT2D eigenvalue weighted by Gasteiger charge is -2.08. The topological polar surface area (TPSA) is 68.5 Å². The summed E-state index contributed by atoms with van der Waals surface area (Å²) >= 11 is 11.8. The molecule has 0 saturated heterocycles. The van der Waals surface area contributed by atoms with Crippen molar-refractivity contribution in [1.82, 2.24) is 0 Å². The van der Waals surface area contributed by atoms with E-state index in [0.29, 0.717) is 26.9 Å². The molecule has 0 aliphatic heterocycles. The minimum absolute atomic E-state index is 0.0785. The van der Waals surface area contributed by atoms with Gasteiger partial charge in [-0.1, -0.05) is 41.4 Å². The second kappa shape index (κ2) is 7.17. The van der Waals surface area contributed by atoms with Crippen molar-refractivity contribution < 1.29 is 18.7 Å². The average molecular weight is 378 g/mol. The third-order valence-electron chi connectivity index (χ3n) is 3.57. The summed E-state index contributed by atoms with van der Waals surface area (Å²) in [6.45, 7) is 1.28. The molecule has 0 atom stereocenters. The zero-order valence-corrected chi connectivity index (χ0v) is 14.6. The quantitative estimate of drug-likeness (QED) is 0.660. The molecule has 0 spiro atoms. The van der Waals surface area contributed by atoms with E-state index in [0.717, 1.165) is 5.39 Å². The zero-order chi connectivity index (χ0) is 18.0. The third kappa shape index (κ3) is 3.78. The van der Waals surface area contributed by atoms with Crippen LogP contribution < -0.4 is 5.32 Å². The van der Waals surface area contributed by atoms with E-state index in [4.69, 9.17) is 32.4 Å². The highest BCUT2D eigenvalue weighted by Gasteiger charge is 2.20. The van der Waals surface area contributed by atoms with Gasteiger partial charge in [0, 0.05) is 16.0 Å². The first-order valence-corrected chi connectivity index (χ1v) is 8.11. The van der Waals surface area contributed by atoms with Crippen LogP contribution in [-0.4, -0.2) is 18.5 Å². The van der Waals surface area contributed by atoms with Crippen LogP contribution in [0.5, 0.6) is 0 Å². The Hall–Kier alpha value is -2.50. The van der Waals surface area contributed by atoms with Crippen LogP contribution in [0.2, 0.25) is 10.0 Å². The second-order valence-corrected chi connectivity index (χ2v) is 6.14. The van der Waals surface area contributed by atoms with Gasteiger partial charge >= 0.3 is 5.97 Å². The molecule has 3 aromatic rings. The predicted octanol–water partition coefficient (Wildman–Crippen LogP) is 4.84. The number of benzene rings is 2. The Morgan fingerprint density at radius 3 is 2.68 bits per heavy atom. The molecule has 0 saturated carbocycles. The van der Waals surface area contributed by atoms with Crippen LogP contribution in [-0.2, 0) is 9.53 Å². The number of carbonyl (C=O) groups is 2. The van der Waals surface area contributed by atoms with Gasteiger partial charge in [0.2, 0.25) is 5.76 Å². The van der Waals surface area contributed by atoms with Gasteiger partial charge in [-0.25, -0.2) is 4.79 Å². The number of fused-ring (bicyclic) bond motifs is 1. The van der Waals surface area contributed by atoms with Crippen molar-refractivity contribution in [3.05, 3.63) is 63.8 Å². The maximum atomic E-state index is 12.2. The predicted molar refractivity (Wildman–Crippen MR) is 96.3 cm³/mol. The van der Waals surface area contributed by atoms with Crippen LogP contribution in [0.25, 0.3) is 11.0 Å². The lowest BCUT2D eigenvalue weighted by molar-refractivity contribution is -0.119. The average Bonchev–Trinajstić information content (AvgIpc) is 2.93. The number of hydrogen-bond donors (Lipinski definition) is 1. The molecule has 7 heteroatoms. The maximum Gasteiger partial charge on any atom is 0.375 e. The number of amides is 1. The van der Waals surface area contributed by atoms with Gasteiger partial charge in [-0.05, 0) is 31.2 Å². The van der Waals surface area contributed by atoms with Crippen LogP contribution in [0.3, 0.4) is 0 Å². The van der Waals surface area contributed by atoms with Crippen LogP contribution >= 0.6 is 23.2 Å². The van der Waals surface area contributed by atoms with Gasteiger partial charge in [0.15, 0.2) is 6.61 Å². The molecule has 2 aromatic carbocycles. The van der Waals surface area contributed by atoms with E-state index in [9.17, 15) is 9.59 Å². The van der Waals surface area contributed by atoms with Crippen molar-refractivity contribution in [3.8, 4) is 0 Å². The number of halogens is 2. The fraction of sp³-hybridized carbons (Fsp3) is 0.111. The first-order valence-electron chi connectivity index (χ1n) is 7.36. The normalized spacial score (nSPS) is 10.7. The molecule has 0 fully saturated rings. The fourth-order valence-electron chi connectivity index (χ4n) is 2.35. The number of carbonyl (C=O) groups excluding carboxylic acids is 2. The standard InChI is InChI=1S/C18H13Cl2NO4/c1-10-12-4-2-3-5-15(12)25-17(10)18(23)24-9-16(22)21-14-8-11(19)6-7-13(14)20/h2-8H,9H2,1H3,(H,21,22). The van der Waals surface area contributed by atoms with E-state index in [-0.39, 0.29) is 5.76 Å². The number of para-hydroxylation sites is 1. The van der Waals surface area contributed by atoms with E-state index in [1.54, 1.807) is 25.1 Å². The SMILES string of the molecule is Cc1c(C(=O)OCC(=O)Nc2cc(Cl)ccc2Cl)oc2ccccc12. The number of anilines is 1. The number of hydrogen-bond acceptors (Lipinski definition) is 4. The van der Waals surface area contributed by atoms with Crippen LogP contribution in [0.15, 0.2) is 46.9 Å². The number of aryl methyl sites for hydroxylation is 1. The molecule has 0 unspecified atom stereocenters. The molecule has 1 aromatic heterocycles. The third-order valence-corrected chi connectivity index (χ3v) is 4.13. The van der Waals surface area contributed by atoms with Gasteiger partial charge in [0.05, 0.1) is 10.7 Å². The highest BCUT2D eigenvalue weighted by molar-refractivity contribution is 6.35. The molecular formula is C18H13Cl2NO4. The smallest absolute Gasteiger partial charge is 0.375 e. The summed E-state index contributed by atoms with van der Waals surface area (Å²) in [4.78, 5) is 24.1. The molecule has 128 valence electrons. The molecule has 0 aliphatic rings. The van der Waals surface area contributed by atoms with Gasteiger partial charge in [0.25, 0.3) is 5.91 Å². The Bertz CT molecular complexity index is 965. The molecule has 1 N–H and O–H groups in total. The monoisotopic (exact) mass is 377 g/mol. The van der Waals surface area contributed by atoms with Crippen LogP contribution in [0.4, 0.5) is 5.69 Å². The molecule has 5 nitrogen and oxygen atoms in total. The van der Waals surface area contributed by atoms with Crippen molar-refractivity contribution in [1.29, 1.82) is 0 Å². The molecular weight excluding hydrogens is 365 g/mol. The van der Waals surface area contributed by atoms with Gasteiger partial charge in [-0.3, -0.25) is 4.79 Å². The Kier molecular flexibility index (Phi) is 4.97. The molecule has 25 heavy (non-hydrogen) atoms. The first-order chi connectivity index (χ1) is 12.0. The van der Waals surface area contributed by atoms with Crippen LogP contribution in [0.1, 0.15) is 16.1 Å². The van der Waals surface area contributed by atoms with Gasteiger partial charge in [-0.15, -0.1) is 0 Å². The molecule has 0 radical (unpaired) electrons. The largest absolute Gasteiger partial charge is 0.450 e. The summed E-state index contributed by atoms with van der Waals surface area (Å²) < 4.78 is 10.5. The first kappa shape index (κ1) is 17.3. The Morgan fingerprint density at radius 2 is 1.92 bits per heavy atom. The summed E-state index contributed by atoms with van der Waals surface area (Å²) in [5, 5.41) is 4.12. The lowest BCUT2D eigenvalue weighted by atomic mass is 10.1. The summed E-state index contributed by atoms with van der Waals surface area (Å²) in [6.07, 6.45) is 0. The molecule has 1 heterocycles. The number of furan rings is 1. The zero-order valence-electron chi connectivity index (χ0n) is 13.1. The highest BCUT2D eigenvalue weighted by Crippen LogP contribution is 2.26. The van der Waals surface area contributed by atoms with E-state index < -0.39 is 18.5 Å². The number of esters is 1. The molecule has 0 aliphatic carbocycles. The number of nitrogens with one attached hydrogen (secondary N) is 1. The van der Waals surface area contributed by atoms with Crippen molar-refractivity contribution in [3.63, 3.8) is 0 Å². The summed E-state index contributed by atoms with van der Waals surface area (Å²) in [6, 6.07) is 11.9.